The molecular formula is C16H23NO. The van der Waals surface area contributed by atoms with Gasteiger partial charge in [-0.05, 0) is 25.5 Å². The van der Waals surface area contributed by atoms with Crippen molar-refractivity contribution in [3.05, 3.63) is 42.0 Å². The summed E-state index contributed by atoms with van der Waals surface area (Å²) in [7, 11) is 0. The maximum Gasteiger partial charge on any atom is 0.122 e. The van der Waals surface area contributed by atoms with Crippen molar-refractivity contribution in [3.8, 4) is 5.75 Å². The second-order valence-corrected chi connectivity index (χ2v) is 4.93. The Balaban J connectivity index is 2.15. The van der Waals surface area contributed by atoms with E-state index >= 15 is 0 Å². The van der Waals surface area contributed by atoms with E-state index in [4.69, 9.17) is 4.74 Å². The maximum atomic E-state index is 5.78. The van der Waals surface area contributed by atoms with Gasteiger partial charge in [0.05, 0.1) is 6.61 Å². The summed E-state index contributed by atoms with van der Waals surface area (Å²) in [6, 6.07) is 8.82. The van der Waals surface area contributed by atoms with Gasteiger partial charge in [-0.2, -0.15) is 0 Å². The van der Waals surface area contributed by atoms with E-state index in [-0.39, 0.29) is 0 Å². The molecule has 2 heteroatoms. The molecule has 1 aromatic rings. The Morgan fingerprint density at radius 2 is 2.22 bits per heavy atom. The van der Waals surface area contributed by atoms with Crippen molar-refractivity contribution in [1.82, 2.24) is 5.32 Å². The van der Waals surface area contributed by atoms with E-state index in [1.54, 1.807) is 0 Å². The molecule has 0 bridgehead atoms. The van der Waals surface area contributed by atoms with Crippen LogP contribution >= 0.6 is 0 Å². The molecule has 2 unspecified atom stereocenters. The topological polar surface area (TPSA) is 21.3 Å². The number of fused-ring (bicyclic) bond motifs is 1. The van der Waals surface area contributed by atoms with Crippen LogP contribution < -0.4 is 10.1 Å². The van der Waals surface area contributed by atoms with Gasteiger partial charge in [0.15, 0.2) is 0 Å². The van der Waals surface area contributed by atoms with Gasteiger partial charge < -0.3 is 10.1 Å². The van der Waals surface area contributed by atoms with Crippen LogP contribution in [0.15, 0.2) is 36.4 Å². The van der Waals surface area contributed by atoms with Crippen LogP contribution in [-0.2, 0) is 0 Å². The highest BCUT2D eigenvalue weighted by Gasteiger charge is 2.30. The molecule has 98 valence electrons. The number of rotatable bonds is 6. The van der Waals surface area contributed by atoms with Crippen LogP contribution in [0.25, 0.3) is 0 Å². The number of likely N-dealkylation sites (N-methyl/N-ethyl adjacent to an activating group) is 1. The van der Waals surface area contributed by atoms with E-state index in [1.807, 2.05) is 6.07 Å². The molecular weight excluding hydrogens is 222 g/mol. The quantitative estimate of drug-likeness (QED) is 0.775. The second kappa shape index (κ2) is 6.05. The molecule has 0 spiro atoms. The zero-order valence-corrected chi connectivity index (χ0v) is 11.4. The first-order valence-corrected chi connectivity index (χ1v) is 6.88. The van der Waals surface area contributed by atoms with Gasteiger partial charge in [-0.1, -0.05) is 44.2 Å². The Bertz CT molecular complexity index is 413. The number of benzene rings is 1. The third-order valence-electron chi connectivity index (χ3n) is 3.70. The number of para-hydroxylation sites is 1. The van der Waals surface area contributed by atoms with E-state index in [0.29, 0.717) is 12.0 Å². The van der Waals surface area contributed by atoms with Gasteiger partial charge in [0.2, 0.25) is 0 Å². The minimum Gasteiger partial charge on any atom is -0.493 e. The predicted molar refractivity (Wildman–Crippen MR) is 76.2 cm³/mol. The van der Waals surface area contributed by atoms with Crippen molar-refractivity contribution >= 4 is 0 Å². The van der Waals surface area contributed by atoms with E-state index < -0.39 is 0 Å². The zero-order valence-electron chi connectivity index (χ0n) is 11.4. The summed E-state index contributed by atoms with van der Waals surface area (Å²) >= 11 is 0. The summed E-state index contributed by atoms with van der Waals surface area (Å²) in [4.78, 5) is 0. The molecule has 1 aromatic carbocycles. The van der Waals surface area contributed by atoms with Crippen LogP contribution in [0, 0.1) is 0 Å². The first kappa shape index (κ1) is 13.2. The summed E-state index contributed by atoms with van der Waals surface area (Å²) in [5.74, 6) is 1.50. The first-order valence-electron chi connectivity index (χ1n) is 6.88. The number of hydrogen-bond donors (Lipinski definition) is 1. The standard InChI is InChI=1S/C16H23NO/c1-4-12(3)10-15(17-5-2)14-11-18-16-9-7-6-8-13(14)16/h6-9,14-15,17H,3-5,10-11H2,1-2H3. The Labute approximate surface area is 110 Å². The van der Waals surface area contributed by atoms with Crippen molar-refractivity contribution in [2.24, 2.45) is 0 Å². The largest absolute Gasteiger partial charge is 0.493 e. The lowest BCUT2D eigenvalue weighted by Crippen LogP contribution is -2.36. The normalized spacial score (nSPS) is 19.1. The molecule has 0 saturated heterocycles. The second-order valence-electron chi connectivity index (χ2n) is 4.93. The van der Waals surface area contributed by atoms with Gasteiger partial charge in [-0.3, -0.25) is 0 Å². The summed E-state index contributed by atoms with van der Waals surface area (Å²) in [5, 5.41) is 3.59. The minimum absolute atomic E-state index is 0.436. The van der Waals surface area contributed by atoms with Crippen LogP contribution in [0.2, 0.25) is 0 Å². The van der Waals surface area contributed by atoms with Crippen molar-refractivity contribution in [2.75, 3.05) is 13.2 Å². The maximum absolute atomic E-state index is 5.78. The molecule has 1 heterocycles. The molecule has 2 nitrogen and oxygen atoms in total. The third-order valence-corrected chi connectivity index (χ3v) is 3.70. The monoisotopic (exact) mass is 245 g/mol. The van der Waals surface area contributed by atoms with Crippen LogP contribution in [0.1, 0.15) is 38.2 Å². The third kappa shape index (κ3) is 2.75. The van der Waals surface area contributed by atoms with Crippen LogP contribution in [0.3, 0.4) is 0 Å². The molecule has 0 aliphatic carbocycles. The molecule has 1 aliphatic heterocycles. The highest BCUT2D eigenvalue weighted by molar-refractivity contribution is 5.40. The van der Waals surface area contributed by atoms with Gasteiger partial charge in [-0.15, -0.1) is 0 Å². The van der Waals surface area contributed by atoms with E-state index in [1.165, 1.54) is 11.1 Å². The summed E-state index contributed by atoms with van der Waals surface area (Å²) in [6.45, 7) is 10.2. The highest BCUT2D eigenvalue weighted by Crippen LogP contribution is 2.37. The van der Waals surface area contributed by atoms with E-state index in [2.05, 4.69) is 43.9 Å². The Morgan fingerprint density at radius 3 is 2.94 bits per heavy atom. The summed E-state index contributed by atoms with van der Waals surface area (Å²) in [5.41, 5.74) is 2.65. The van der Waals surface area contributed by atoms with Crippen LogP contribution in [-0.4, -0.2) is 19.2 Å². The average Bonchev–Trinajstić information content (AvgIpc) is 2.82. The van der Waals surface area contributed by atoms with Crippen molar-refractivity contribution in [1.29, 1.82) is 0 Å². The number of ether oxygens (including phenoxy) is 1. The van der Waals surface area contributed by atoms with Crippen molar-refractivity contribution < 1.29 is 4.74 Å². The number of nitrogens with one attached hydrogen (secondary N) is 1. The number of hydrogen-bond acceptors (Lipinski definition) is 2. The molecule has 18 heavy (non-hydrogen) atoms. The fraction of sp³-hybridized carbons (Fsp3) is 0.500. The Hall–Kier alpha value is -1.28. The van der Waals surface area contributed by atoms with Crippen molar-refractivity contribution in [3.63, 3.8) is 0 Å². The molecule has 2 atom stereocenters. The SMILES string of the molecule is C=C(CC)CC(NCC)C1COc2ccccc21. The molecule has 0 amide bonds. The van der Waals surface area contributed by atoms with Gasteiger partial charge in [0.25, 0.3) is 0 Å². The lowest BCUT2D eigenvalue weighted by Gasteiger charge is -2.24. The van der Waals surface area contributed by atoms with Gasteiger partial charge >= 0.3 is 0 Å². The van der Waals surface area contributed by atoms with Gasteiger partial charge in [0.1, 0.15) is 5.75 Å². The molecule has 0 fully saturated rings. The van der Waals surface area contributed by atoms with Crippen LogP contribution in [0.5, 0.6) is 5.75 Å². The van der Waals surface area contributed by atoms with Crippen molar-refractivity contribution in [2.45, 2.75) is 38.6 Å². The minimum atomic E-state index is 0.436. The average molecular weight is 245 g/mol. The molecule has 1 N–H and O–H groups in total. The predicted octanol–water partition coefficient (Wildman–Crippen LogP) is 3.50. The zero-order chi connectivity index (χ0) is 13.0. The van der Waals surface area contributed by atoms with Gasteiger partial charge in [0, 0.05) is 17.5 Å². The smallest absolute Gasteiger partial charge is 0.122 e. The molecule has 1 aliphatic rings. The summed E-state index contributed by atoms with van der Waals surface area (Å²) in [6.07, 6.45) is 2.09. The Morgan fingerprint density at radius 1 is 1.44 bits per heavy atom. The first-order chi connectivity index (χ1) is 8.76. The molecule has 2 rings (SSSR count). The fourth-order valence-electron chi connectivity index (χ4n) is 2.59. The molecule has 0 aromatic heterocycles. The van der Waals surface area contributed by atoms with Crippen LogP contribution in [0.4, 0.5) is 0 Å². The molecule has 0 radical (unpaired) electrons. The fourth-order valence-corrected chi connectivity index (χ4v) is 2.59. The Kier molecular flexibility index (Phi) is 4.43. The summed E-state index contributed by atoms with van der Waals surface area (Å²) < 4.78 is 5.78. The highest BCUT2D eigenvalue weighted by atomic mass is 16.5. The lowest BCUT2D eigenvalue weighted by atomic mass is 9.88. The lowest BCUT2D eigenvalue weighted by molar-refractivity contribution is 0.297. The van der Waals surface area contributed by atoms with E-state index in [0.717, 1.165) is 31.7 Å². The van der Waals surface area contributed by atoms with Gasteiger partial charge in [-0.25, -0.2) is 0 Å². The molecule has 0 saturated carbocycles. The van der Waals surface area contributed by atoms with E-state index in [9.17, 15) is 0 Å².